The first kappa shape index (κ1) is 16.4. The molecule has 2 atom stereocenters. The van der Waals surface area contributed by atoms with Gasteiger partial charge in [-0.2, -0.15) is 0 Å². The molecule has 21 heavy (non-hydrogen) atoms. The Morgan fingerprint density at radius 1 is 1.10 bits per heavy atom. The molecule has 0 fully saturated rings. The minimum absolute atomic E-state index is 0.498. The van der Waals surface area contributed by atoms with Crippen LogP contribution < -0.4 is 0 Å². The van der Waals surface area contributed by atoms with Crippen molar-refractivity contribution in [1.82, 2.24) is 4.90 Å². The summed E-state index contributed by atoms with van der Waals surface area (Å²) in [6, 6.07) is 6.67. The second-order valence-corrected chi connectivity index (χ2v) is 6.39. The number of benzene rings is 1. The molecular weight excluding hydrogens is 258 g/mol. The normalized spacial score (nSPS) is 21.5. The molecular formula is C19H31NO. The van der Waals surface area contributed by atoms with Gasteiger partial charge in [-0.15, -0.1) is 0 Å². The topological polar surface area (TPSA) is 23.5 Å². The van der Waals surface area contributed by atoms with Crippen molar-refractivity contribution in [2.24, 2.45) is 0 Å². The summed E-state index contributed by atoms with van der Waals surface area (Å²) in [6.45, 7) is 9.16. The molecule has 0 saturated heterocycles. The molecule has 118 valence electrons. The molecule has 0 bridgehead atoms. The van der Waals surface area contributed by atoms with Crippen molar-refractivity contribution in [1.29, 1.82) is 0 Å². The molecule has 2 heteroatoms. The van der Waals surface area contributed by atoms with Gasteiger partial charge in [-0.3, -0.25) is 4.90 Å². The Bertz CT molecular complexity index is 437. The monoisotopic (exact) mass is 289 g/mol. The van der Waals surface area contributed by atoms with Gasteiger partial charge in [-0.05, 0) is 56.8 Å². The lowest BCUT2D eigenvalue weighted by atomic mass is 9.75. The molecule has 1 N–H and O–H groups in total. The first-order valence-corrected chi connectivity index (χ1v) is 8.77. The minimum atomic E-state index is 0.498. The second-order valence-electron chi connectivity index (χ2n) is 6.39. The van der Waals surface area contributed by atoms with E-state index in [2.05, 4.69) is 31.7 Å². The van der Waals surface area contributed by atoms with E-state index in [1.807, 2.05) is 12.1 Å². The zero-order chi connectivity index (χ0) is 15.2. The molecule has 1 aliphatic carbocycles. The van der Waals surface area contributed by atoms with Gasteiger partial charge in [0.05, 0.1) is 0 Å². The fourth-order valence-electron chi connectivity index (χ4n) is 4.05. The number of rotatable bonds is 7. The summed E-state index contributed by atoms with van der Waals surface area (Å²) < 4.78 is 0. The fraction of sp³-hybridized carbons (Fsp3) is 0.684. The van der Waals surface area contributed by atoms with Crippen LogP contribution in [0.3, 0.4) is 0 Å². The number of aryl methyl sites for hydroxylation is 1. The molecule has 0 spiro atoms. The Kier molecular flexibility index (Phi) is 6.10. The van der Waals surface area contributed by atoms with Gasteiger partial charge in [0.2, 0.25) is 0 Å². The van der Waals surface area contributed by atoms with E-state index in [0.29, 0.717) is 17.7 Å². The minimum Gasteiger partial charge on any atom is -0.508 e. The quantitative estimate of drug-likeness (QED) is 0.785. The molecule has 0 heterocycles. The van der Waals surface area contributed by atoms with Crippen LogP contribution in [0.25, 0.3) is 0 Å². The van der Waals surface area contributed by atoms with Crippen molar-refractivity contribution < 1.29 is 5.11 Å². The Morgan fingerprint density at radius 2 is 1.81 bits per heavy atom. The smallest absolute Gasteiger partial charge is 0.119 e. The average Bonchev–Trinajstić information content (AvgIpc) is 2.48. The third kappa shape index (κ3) is 3.60. The summed E-state index contributed by atoms with van der Waals surface area (Å²) >= 11 is 0. The zero-order valence-corrected chi connectivity index (χ0v) is 13.9. The van der Waals surface area contributed by atoms with Gasteiger partial charge in [-0.25, -0.2) is 0 Å². The highest BCUT2D eigenvalue weighted by Crippen LogP contribution is 2.42. The summed E-state index contributed by atoms with van der Waals surface area (Å²) in [5.74, 6) is 1.02. The van der Waals surface area contributed by atoms with Crippen molar-refractivity contribution in [2.75, 3.05) is 13.1 Å². The molecule has 1 aromatic carbocycles. The summed E-state index contributed by atoms with van der Waals surface area (Å²) in [4.78, 5) is 2.68. The zero-order valence-electron chi connectivity index (χ0n) is 13.9. The predicted octanol–water partition coefficient (Wildman–Crippen LogP) is 4.71. The van der Waals surface area contributed by atoms with Crippen LogP contribution in [0.15, 0.2) is 18.2 Å². The van der Waals surface area contributed by atoms with Crippen molar-refractivity contribution in [3.05, 3.63) is 29.3 Å². The van der Waals surface area contributed by atoms with Gasteiger partial charge in [0.25, 0.3) is 0 Å². The van der Waals surface area contributed by atoms with E-state index < -0.39 is 0 Å². The number of hydrogen-bond donors (Lipinski definition) is 1. The standard InChI is InChI=1S/C19H31NO/c1-4-8-16-17(20(13-5-2)14-6-3)12-11-15-9-7-10-18(21)19(15)16/h7,9-10,16-17,21H,4-6,8,11-14H2,1-3H3/t16-,17-/m1/s1. The molecule has 0 unspecified atom stereocenters. The van der Waals surface area contributed by atoms with Gasteiger partial charge in [0.1, 0.15) is 5.75 Å². The van der Waals surface area contributed by atoms with Crippen LogP contribution in [0.1, 0.15) is 69.9 Å². The summed E-state index contributed by atoms with van der Waals surface area (Å²) in [7, 11) is 0. The Morgan fingerprint density at radius 3 is 2.43 bits per heavy atom. The lowest BCUT2D eigenvalue weighted by molar-refractivity contribution is 0.148. The van der Waals surface area contributed by atoms with Gasteiger partial charge in [0.15, 0.2) is 0 Å². The summed E-state index contributed by atoms with van der Waals surface area (Å²) in [5, 5.41) is 10.4. The predicted molar refractivity (Wildman–Crippen MR) is 90.0 cm³/mol. The molecule has 2 nitrogen and oxygen atoms in total. The lowest BCUT2D eigenvalue weighted by Gasteiger charge is -2.41. The molecule has 0 radical (unpaired) electrons. The maximum atomic E-state index is 10.4. The van der Waals surface area contributed by atoms with Crippen molar-refractivity contribution in [2.45, 2.75) is 71.3 Å². The highest BCUT2D eigenvalue weighted by molar-refractivity contribution is 5.44. The number of nitrogens with zero attached hydrogens (tertiary/aromatic N) is 1. The van der Waals surface area contributed by atoms with Crippen molar-refractivity contribution in [3.8, 4) is 5.75 Å². The molecule has 2 rings (SSSR count). The van der Waals surface area contributed by atoms with Crippen LogP contribution in [0, 0.1) is 0 Å². The van der Waals surface area contributed by atoms with E-state index in [0.717, 1.165) is 6.42 Å². The molecule has 0 saturated carbocycles. The third-order valence-electron chi connectivity index (χ3n) is 4.81. The van der Waals surface area contributed by atoms with E-state index in [1.165, 1.54) is 56.3 Å². The maximum Gasteiger partial charge on any atom is 0.119 e. The van der Waals surface area contributed by atoms with Crippen LogP contribution in [-0.2, 0) is 6.42 Å². The number of hydrogen-bond acceptors (Lipinski definition) is 2. The molecule has 0 amide bonds. The highest BCUT2D eigenvalue weighted by atomic mass is 16.3. The van der Waals surface area contributed by atoms with Gasteiger partial charge < -0.3 is 5.11 Å². The maximum absolute atomic E-state index is 10.4. The van der Waals surface area contributed by atoms with Crippen molar-refractivity contribution >= 4 is 0 Å². The Balaban J connectivity index is 2.32. The van der Waals surface area contributed by atoms with Gasteiger partial charge in [-0.1, -0.05) is 39.3 Å². The summed E-state index contributed by atoms with van der Waals surface area (Å²) in [5.41, 5.74) is 2.62. The Labute approximate surface area is 130 Å². The molecule has 0 aliphatic heterocycles. The average molecular weight is 289 g/mol. The summed E-state index contributed by atoms with van der Waals surface area (Å²) in [6.07, 6.45) is 7.13. The van der Waals surface area contributed by atoms with Crippen LogP contribution >= 0.6 is 0 Å². The Hall–Kier alpha value is -1.02. The van der Waals surface area contributed by atoms with E-state index in [9.17, 15) is 5.11 Å². The van der Waals surface area contributed by atoms with Crippen LogP contribution in [0.4, 0.5) is 0 Å². The number of phenols is 1. The SMILES string of the molecule is CCC[C@H]1c2c(O)cccc2CC[C@H]1N(CCC)CCC. The lowest BCUT2D eigenvalue weighted by Crippen LogP contribution is -2.43. The first-order valence-electron chi connectivity index (χ1n) is 8.77. The molecule has 1 aliphatic rings. The van der Waals surface area contributed by atoms with Crippen LogP contribution in [0.5, 0.6) is 5.75 Å². The van der Waals surface area contributed by atoms with Crippen molar-refractivity contribution in [3.63, 3.8) is 0 Å². The van der Waals surface area contributed by atoms with Gasteiger partial charge >= 0.3 is 0 Å². The highest BCUT2D eigenvalue weighted by Gasteiger charge is 2.34. The molecule has 0 aromatic heterocycles. The number of aromatic hydroxyl groups is 1. The first-order chi connectivity index (χ1) is 10.2. The van der Waals surface area contributed by atoms with E-state index >= 15 is 0 Å². The van der Waals surface area contributed by atoms with E-state index in [4.69, 9.17) is 0 Å². The van der Waals surface area contributed by atoms with E-state index in [-0.39, 0.29) is 0 Å². The fourth-order valence-corrected chi connectivity index (χ4v) is 4.05. The van der Waals surface area contributed by atoms with E-state index in [1.54, 1.807) is 0 Å². The number of fused-ring (bicyclic) bond motifs is 1. The van der Waals surface area contributed by atoms with Crippen LogP contribution in [0.2, 0.25) is 0 Å². The second kappa shape index (κ2) is 7.84. The van der Waals surface area contributed by atoms with Crippen LogP contribution in [-0.4, -0.2) is 29.1 Å². The van der Waals surface area contributed by atoms with Gasteiger partial charge in [0, 0.05) is 17.5 Å². The third-order valence-corrected chi connectivity index (χ3v) is 4.81. The largest absolute Gasteiger partial charge is 0.508 e. The number of phenolic OH excluding ortho intramolecular Hbond substituents is 1. The molecule has 1 aromatic rings.